The predicted molar refractivity (Wildman–Crippen MR) is 110 cm³/mol. The van der Waals surface area contributed by atoms with Crippen molar-refractivity contribution in [3.63, 3.8) is 0 Å². The number of ether oxygens (including phenoxy) is 2. The summed E-state index contributed by atoms with van der Waals surface area (Å²) in [6.07, 6.45) is 3.46. The van der Waals surface area contributed by atoms with Crippen molar-refractivity contribution in [3.8, 4) is 22.6 Å². The van der Waals surface area contributed by atoms with Gasteiger partial charge in [0.2, 0.25) is 5.95 Å². The van der Waals surface area contributed by atoms with Crippen molar-refractivity contribution in [2.45, 2.75) is 0 Å². The molecule has 7 heteroatoms. The van der Waals surface area contributed by atoms with E-state index in [1.807, 2.05) is 36.4 Å². The molecule has 28 heavy (non-hydrogen) atoms. The standard InChI is InChI=1S/C21H19N5O2/c1-27-15-7-8-19(28-2)18(10-15)25-21-24-12-16(20(22)26-21)14-9-13-5-3-4-6-17(13)23-11-14/h3-12H,1-2H3,(H3,22,24,25,26). The number of anilines is 3. The molecule has 4 aromatic rings. The monoisotopic (exact) mass is 373 g/mol. The van der Waals surface area contributed by atoms with Crippen molar-refractivity contribution in [2.24, 2.45) is 0 Å². The van der Waals surface area contributed by atoms with Crippen LogP contribution in [0.4, 0.5) is 17.5 Å². The van der Waals surface area contributed by atoms with Crippen molar-refractivity contribution in [2.75, 3.05) is 25.3 Å². The fraction of sp³-hybridized carbons (Fsp3) is 0.0952. The van der Waals surface area contributed by atoms with Crippen LogP contribution in [0.2, 0.25) is 0 Å². The molecule has 0 saturated heterocycles. The number of nitrogens with zero attached hydrogens (tertiary/aromatic N) is 3. The van der Waals surface area contributed by atoms with E-state index in [-0.39, 0.29) is 0 Å². The molecular formula is C21H19N5O2. The number of para-hydroxylation sites is 1. The van der Waals surface area contributed by atoms with E-state index in [2.05, 4.69) is 20.3 Å². The lowest BCUT2D eigenvalue weighted by atomic mass is 10.1. The van der Waals surface area contributed by atoms with Crippen LogP contribution in [0.15, 0.2) is 60.9 Å². The van der Waals surface area contributed by atoms with Gasteiger partial charge in [0.1, 0.15) is 17.3 Å². The van der Waals surface area contributed by atoms with Crippen molar-refractivity contribution < 1.29 is 9.47 Å². The summed E-state index contributed by atoms with van der Waals surface area (Å²) in [6.45, 7) is 0. The Morgan fingerprint density at radius 2 is 1.79 bits per heavy atom. The number of aromatic nitrogens is 3. The first-order valence-corrected chi connectivity index (χ1v) is 8.64. The molecule has 0 amide bonds. The van der Waals surface area contributed by atoms with E-state index in [9.17, 15) is 0 Å². The first-order chi connectivity index (χ1) is 13.7. The highest BCUT2D eigenvalue weighted by molar-refractivity contribution is 5.85. The number of hydrogen-bond acceptors (Lipinski definition) is 7. The molecule has 140 valence electrons. The Kier molecular flexibility index (Phi) is 4.63. The number of fused-ring (bicyclic) bond motifs is 1. The molecule has 2 aromatic heterocycles. The molecule has 0 bridgehead atoms. The van der Waals surface area contributed by atoms with Crippen LogP contribution in [-0.2, 0) is 0 Å². The van der Waals surface area contributed by atoms with Gasteiger partial charge in [-0.25, -0.2) is 4.98 Å². The summed E-state index contributed by atoms with van der Waals surface area (Å²) in [4.78, 5) is 13.3. The van der Waals surface area contributed by atoms with Gasteiger partial charge in [0, 0.05) is 35.0 Å². The number of nitrogens with one attached hydrogen (secondary N) is 1. The fourth-order valence-corrected chi connectivity index (χ4v) is 2.93. The van der Waals surface area contributed by atoms with E-state index in [1.165, 1.54) is 0 Å². The summed E-state index contributed by atoms with van der Waals surface area (Å²) < 4.78 is 10.6. The molecule has 0 spiro atoms. The normalized spacial score (nSPS) is 10.6. The van der Waals surface area contributed by atoms with Crippen molar-refractivity contribution in [1.82, 2.24) is 15.0 Å². The van der Waals surface area contributed by atoms with E-state index in [4.69, 9.17) is 15.2 Å². The van der Waals surface area contributed by atoms with E-state index >= 15 is 0 Å². The number of rotatable bonds is 5. The summed E-state index contributed by atoms with van der Waals surface area (Å²) in [5.74, 6) is 2.05. The molecule has 7 nitrogen and oxygen atoms in total. The van der Waals surface area contributed by atoms with Gasteiger partial charge in [0.15, 0.2) is 0 Å². The molecule has 0 saturated carbocycles. The van der Waals surface area contributed by atoms with Gasteiger partial charge in [-0.05, 0) is 24.3 Å². The third-order valence-electron chi connectivity index (χ3n) is 4.37. The van der Waals surface area contributed by atoms with Crippen LogP contribution >= 0.6 is 0 Å². The van der Waals surface area contributed by atoms with Crippen LogP contribution in [0, 0.1) is 0 Å². The summed E-state index contributed by atoms with van der Waals surface area (Å²) in [7, 11) is 3.20. The second-order valence-electron chi connectivity index (χ2n) is 6.10. The van der Waals surface area contributed by atoms with Crippen LogP contribution in [0.1, 0.15) is 0 Å². The minimum absolute atomic E-state index is 0.358. The molecule has 0 fully saturated rings. The molecule has 0 atom stereocenters. The largest absolute Gasteiger partial charge is 0.497 e. The minimum Gasteiger partial charge on any atom is -0.497 e. The van der Waals surface area contributed by atoms with Gasteiger partial charge in [-0.1, -0.05) is 18.2 Å². The van der Waals surface area contributed by atoms with Crippen molar-refractivity contribution in [3.05, 3.63) is 60.9 Å². The van der Waals surface area contributed by atoms with Crippen LogP contribution in [-0.4, -0.2) is 29.2 Å². The van der Waals surface area contributed by atoms with Gasteiger partial charge < -0.3 is 20.5 Å². The van der Waals surface area contributed by atoms with Gasteiger partial charge in [-0.15, -0.1) is 0 Å². The predicted octanol–water partition coefficient (Wildman–Crippen LogP) is 4.03. The maximum atomic E-state index is 6.20. The molecule has 0 aliphatic carbocycles. The van der Waals surface area contributed by atoms with E-state index in [0.717, 1.165) is 22.0 Å². The Morgan fingerprint density at radius 1 is 0.929 bits per heavy atom. The van der Waals surface area contributed by atoms with Gasteiger partial charge in [-0.3, -0.25) is 4.98 Å². The minimum atomic E-state index is 0.358. The third-order valence-corrected chi connectivity index (χ3v) is 4.37. The van der Waals surface area contributed by atoms with Crippen molar-refractivity contribution in [1.29, 1.82) is 0 Å². The number of nitrogen functional groups attached to an aromatic ring is 1. The lowest BCUT2D eigenvalue weighted by Crippen LogP contribution is -2.03. The highest BCUT2D eigenvalue weighted by Crippen LogP contribution is 2.32. The summed E-state index contributed by atoms with van der Waals surface area (Å²) >= 11 is 0. The number of hydrogen-bond donors (Lipinski definition) is 2. The van der Waals surface area contributed by atoms with Crippen LogP contribution in [0.25, 0.3) is 22.0 Å². The van der Waals surface area contributed by atoms with E-state index in [1.54, 1.807) is 38.7 Å². The van der Waals surface area contributed by atoms with Gasteiger partial charge in [-0.2, -0.15) is 4.98 Å². The highest BCUT2D eigenvalue weighted by atomic mass is 16.5. The number of benzene rings is 2. The Bertz CT molecular complexity index is 1150. The quantitative estimate of drug-likeness (QED) is 0.545. The average Bonchev–Trinajstić information content (AvgIpc) is 2.73. The molecule has 0 aliphatic rings. The summed E-state index contributed by atoms with van der Waals surface area (Å²) in [5, 5.41) is 4.15. The molecule has 0 unspecified atom stereocenters. The molecule has 0 radical (unpaired) electrons. The zero-order chi connectivity index (χ0) is 19.5. The Hall–Kier alpha value is -3.87. The van der Waals surface area contributed by atoms with Crippen molar-refractivity contribution >= 4 is 28.4 Å². The number of methoxy groups -OCH3 is 2. The Balaban J connectivity index is 1.66. The maximum absolute atomic E-state index is 6.20. The Morgan fingerprint density at radius 3 is 2.57 bits per heavy atom. The van der Waals surface area contributed by atoms with Gasteiger partial charge >= 0.3 is 0 Å². The second kappa shape index (κ2) is 7.40. The fourth-order valence-electron chi connectivity index (χ4n) is 2.93. The van der Waals surface area contributed by atoms with E-state index in [0.29, 0.717) is 29.0 Å². The Labute approximate surface area is 162 Å². The maximum Gasteiger partial charge on any atom is 0.229 e. The summed E-state index contributed by atoms with van der Waals surface area (Å²) in [5.41, 5.74) is 9.40. The van der Waals surface area contributed by atoms with Crippen LogP contribution < -0.4 is 20.5 Å². The number of nitrogens with two attached hydrogens (primary N) is 1. The lowest BCUT2D eigenvalue weighted by molar-refractivity contribution is 0.405. The average molecular weight is 373 g/mol. The first kappa shape index (κ1) is 17.5. The van der Waals surface area contributed by atoms with Gasteiger partial charge in [0.25, 0.3) is 0 Å². The van der Waals surface area contributed by atoms with Crippen LogP contribution in [0.3, 0.4) is 0 Å². The lowest BCUT2D eigenvalue weighted by Gasteiger charge is -2.13. The molecule has 2 heterocycles. The SMILES string of the molecule is COc1ccc(OC)c(Nc2ncc(-c3cnc4ccccc4c3)c(N)n2)c1. The smallest absolute Gasteiger partial charge is 0.229 e. The molecular weight excluding hydrogens is 354 g/mol. The molecule has 0 aliphatic heterocycles. The second-order valence-corrected chi connectivity index (χ2v) is 6.10. The third kappa shape index (κ3) is 3.37. The zero-order valence-electron chi connectivity index (χ0n) is 15.5. The van der Waals surface area contributed by atoms with Gasteiger partial charge in [0.05, 0.1) is 25.4 Å². The van der Waals surface area contributed by atoms with E-state index < -0.39 is 0 Å². The number of pyridine rings is 1. The highest BCUT2D eigenvalue weighted by Gasteiger charge is 2.11. The van der Waals surface area contributed by atoms with Crippen LogP contribution in [0.5, 0.6) is 11.5 Å². The topological polar surface area (TPSA) is 95.2 Å². The first-order valence-electron chi connectivity index (χ1n) is 8.64. The molecule has 2 aromatic carbocycles. The summed E-state index contributed by atoms with van der Waals surface area (Å²) in [6, 6.07) is 15.4. The molecule has 4 rings (SSSR count). The molecule has 3 N–H and O–H groups in total. The zero-order valence-corrected chi connectivity index (χ0v) is 15.5.